The summed E-state index contributed by atoms with van der Waals surface area (Å²) in [5.74, 6) is -1.17. The monoisotopic (exact) mass is 289 g/mol. The maximum Gasteiger partial charge on any atom is 0.243 e. The molecule has 1 amide bonds. The lowest BCUT2D eigenvalue weighted by molar-refractivity contribution is -0.120. The van der Waals surface area contributed by atoms with Gasteiger partial charge in [0.05, 0.1) is 0 Å². The Morgan fingerprint density at radius 1 is 1.42 bits per heavy atom. The van der Waals surface area contributed by atoms with Gasteiger partial charge in [-0.3, -0.25) is 4.79 Å². The number of sulfonamides is 1. The van der Waals surface area contributed by atoms with Crippen LogP contribution in [0.1, 0.15) is 13.3 Å². The number of nitrogen functional groups attached to an aromatic ring is 1. The van der Waals surface area contributed by atoms with Gasteiger partial charge in [0.15, 0.2) is 0 Å². The first-order chi connectivity index (χ1) is 8.86. The van der Waals surface area contributed by atoms with Gasteiger partial charge in [-0.2, -0.15) is 0 Å². The quantitative estimate of drug-likeness (QED) is 0.652. The maximum atomic E-state index is 13.4. The van der Waals surface area contributed by atoms with Crippen LogP contribution in [-0.4, -0.2) is 27.4 Å². The lowest BCUT2D eigenvalue weighted by Crippen LogP contribution is -2.31. The molecule has 1 rings (SSSR count). The standard InChI is InChI=1S/C11H16FN3O3S/c1-2-14-11(16)5-6-15-19(17,18)10-7-8(13)3-4-9(10)12/h3-4,7,15H,2,5-6,13H2,1H3,(H,14,16). The van der Waals surface area contributed by atoms with Gasteiger partial charge in [0.1, 0.15) is 10.7 Å². The van der Waals surface area contributed by atoms with E-state index in [2.05, 4.69) is 10.0 Å². The van der Waals surface area contributed by atoms with E-state index in [9.17, 15) is 17.6 Å². The van der Waals surface area contributed by atoms with Gasteiger partial charge in [-0.25, -0.2) is 17.5 Å². The molecule has 106 valence electrons. The number of amides is 1. The molecule has 8 heteroatoms. The SMILES string of the molecule is CCNC(=O)CCNS(=O)(=O)c1cc(N)ccc1F. The molecule has 0 fully saturated rings. The highest BCUT2D eigenvalue weighted by atomic mass is 32.2. The number of anilines is 1. The Morgan fingerprint density at radius 2 is 2.11 bits per heavy atom. The smallest absolute Gasteiger partial charge is 0.243 e. The van der Waals surface area contributed by atoms with Crippen molar-refractivity contribution in [2.75, 3.05) is 18.8 Å². The van der Waals surface area contributed by atoms with Crippen LogP contribution in [0.4, 0.5) is 10.1 Å². The third-order valence-electron chi connectivity index (χ3n) is 2.26. The maximum absolute atomic E-state index is 13.4. The number of rotatable bonds is 6. The van der Waals surface area contributed by atoms with Gasteiger partial charge in [-0.15, -0.1) is 0 Å². The summed E-state index contributed by atoms with van der Waals surface area (Å²) in [6.07, 6.45) is -0.0169. The number of benzene rings is 1. The van der Waals surface area contributed by atoms with E-state index in [1.165, 1.54) is 6.07 Å². The second kappa shape index (κ2) is 6.48. The largest absolute Gasteiger partial charge is 0.399 e. The minimum Gasteiger partial charge on any atom is -0.399 e. The molecular formula is C11H16FN3O3S. The minimum atomic E-state index is -4.01. The van der Waals surface area contributed by atoms with Gasteiger partial charge in [-0.1, -0.05) is 0 Å². The van der Waals surface area contributed by atoms with Gasteiger partial charge in [-0.05, 0) is 25.1 Å². The van der Waals surface area contributed by atoms with E-state index in [1.807, 2.05) is 0 Å². The average molecular weight is 289 g/mol. The molecule has 0 atom stereocenters. The van der Waals surface area contributed by atoms with E-state index in [0.717, 1.165) is 12.1 Å². The number of carbonyl (C=O) groups excluding carboxylic acids is 1. The first kappa shape index (κ1) is 15.4. The van der Waals surface area contributed by atoms with Gasteiger partial charge < -0.3 is 11.1 Å². The molecule has 0 saturated heterocycles. The molecule has 0 spiro atoms. The van der Waals surface area contributed by atoms with Crippen LogP contribution in [0, 0.1) is 5.82 Å². The molecular weight excluding hydrogens is 273 g/mol. The fraction of sp³-hybridized carbons (Fsp3) is 0.364. The Bertz CT molecular complexity index is 560. The summed E-state index contributed by atoms with van der Waals surface area (Å²) in [4.78, 5) is 10.6. The summed E-state index contributed by atoms with van der Waals surface area (Å²) in [7, 11) is -4.01. The molecule has 0 aliphatic rings. The molecule has 0 radical (unpaired) electrons. The van der Waals surface area contributed by atoms with Crippen LogP contribution in [0.25, 0.3) is 0 Å². The summed E-state index contributed by atoms with van der Waals surface area (Å²) in [5.41, 5.74) is 5.56. The molecule has 0 aliphatic heterocycles. The highest BCUT2D eigenvalue weighted by molar-refractivity contribution is 7.89. The fourth-order valence-electron chi connectivity index (χ4n) is 1.39. The van der Waals surface area contributed by atoms with Crippen LogP contribution in [0.2, 0.25) is 0 Å². The topological polar surface area (TPSA) is 101 Å². The van der Waals surface area contributed by atoms with E-state index in [0.29, 0.717) is 6.54 Å². The molecule has 4 N–H and O–H groups in total. The number of carbonyl (C=O) groups is 1. The normalized spacial score (nSPS) is 11.3. The van der Waals surface area contributed by atoms with Crippen LogP contribution in [0.3, 0.4) is 0 Å². The molecule has 0 saturated carbocycles. The Morgan fingerprint density at radius 3 is 2.74 bits per heavy atom. The number of hydrogen-bond acceptors (Lipinski definition) is 4. The molecule has 19 heavy (non-hydrogen) atoms. The van der Waals surface area contributed by atoms with Crippen molar-refractivity contribution in [3.63, 3.8) is 0 Å². The van der Waals surface area contributed by atoms with Gasteiger partial charge >= 0.3 is 0 Å². The second-order valence-corrected chi connectivity index (χ2v) is 5.53. The summed E-state index contributed by atoms with van der Waals surface area (Å²) in [5, 5.41) is 2.52. The Balaban J connectivity index is 2.71. The zero-order valence-electron chi connectivity index (χ0n) is 10.4. The summed E-state index contributed by atoms with van der Waals surface area (Å²) >= 11 is 0. The van der Waals surface area contributed by atoms with Crippen molar-refractivity contribution in [3.05, 3.63) is 24.0 Å². The van der Waals surface area contributed by atoms with E-state index in [4.69, 9.17) is 5.73 Å². The summed E-state index contributed by atoms with van der Waals surface area (Å²) in [6, 6.07) is 3.28. The first-order valence-electron chi connectivity index (χ1n) is 5.68. The average Bonchev–Trinajstić information content (AvgIpc) is 2.32. The van der Waals surface area contributed by atoms with Crippen LogP contribution in [0.15, 0.2) is 23.1 Å². The first-order valence-corrected chi connectivity index (χ1v) is 7.16. The van der Waals surface area contributed by atoms with Gasteiger partial charge in [0.2, 0.25) is 15.9 Å². The van der Waals surface area contributed by atoms with E-state index in [-0.39, 0.29) is 24.6 Å². The van der Waals surface area contributed by atoms with Crippen molar-refractivity contribution in [2.24, 2.45) is 0 Å². The van der Waals surface area contributed by atoms with Crippen LogP contribution in [-0.2, 0) is 14.8 Å². The third-order valence-corrected chi connectivity index (χ3v) is 3.74. The van der Waals surface area contributed by atoms with Gasteiger partial charge in [0.25, 0.3) is 0 Å². The highest BCUT2D eigenvalue weighted by Crippen LogP contribution is 2.17. The van der Waals surface area contributed by atoms with Crippen LogP contribution in [0.5, 0.6) is 0 Å². The molecule has 1 aromatic carbocycles. The van der Waals surface area contributed by atoms with E-state index < -0.39 is 20.7 Å². The zero-order valence-corrected chi connectivity index (χ0v) is 11.3. The molecule has 6 nitrogen and oxygen atoms in total. The number of halogens is 1. The third kappa shape index (κ3) is 4.49. The Kier molecular flexibility index (Phi) is 5.25. The van der Waals surface area contributed by atoms with Crippen molar-refractivity contribution in [1.29, 1.82) is 0 Å². The summed E-state index contributed by atoms with van der Waals surface area (Å²) in [6.45, 7) is 2.11. The van der Waals surface area contributed by atoms with Crippen molar-refractivity contribution in [2.45, 2.75) is 18.2 Å². The second-order valence-electron chi connectivity index (χ2n) is 3.79. The molecule has 1 aromatic rings. The minimum absolute atomic E-state index is 0.0169. The zero-order chi connectivity index (χ0) is 14.5. The molecule has 0 unspecified atom stereocenters. The van der Waals surface area contributed by atoms with Crippen LogP contribution >= 0.6 is 0 Å². The number of hydrogen-bond donors (Lipinski definition) is 3. The predicted molar refractivity (Wildman–Crippen MR) is 69.3 cm³/mol. The van der Waals surface area contributed by atoms with Crippen molar-refractivity contribution >= 4 is 21.6 Å². The molecule has 0 aliphatic carbocycles. The Hall–Kier alpha value is -1.67. The fourth-order valence-corrected chi connectivity index (χ4v) is 2.53. The van der Waals surface area contributed by atoms with E-state index >= 15 is 0 Å². The predicted octanol–water partition coefficient (Wildman–Crippen LogP) is 0.212. The lowest BCUT2D eigenvalue weighted by Gasteiger charge is -2.08. The number of nitrogens with two attached hydrogens (primary N) is 1. The van der Waals surface area contributed by atoms with Gasteiger partial charge in [0, 0.05) is 25.2 Å². The molecule has 0 heterocycles. The van der Waals surface area contributed by atoms with Crippen LogP contribution < -0.4 is 15.8 Å². The van der Waals surface area contributed by atoms with Crippen molar-refractivity contribution in [3.8, 4) is 0 Å². The van der Waals surface area contributed by atoms with Crippen molar-refractivity contribution in [1.82, 2.24) is 10.0 Å². The Labute approximate surface area is 111 Å². The summed E-state index contributed by atoms with van der Waals surface area (Å²) < 4.78 is 39.2. The molecule has 0 bridgehead atoms. The highest BCUT2D eigenvalue weighted by Gasteiger charge is 2.19. The van der Waals surface area contributed by atoms with Crippen molar-refractivity contribution < 1.29 is 17.6 Å². The van der Waals surface area contributed by atoms with E-state index in [1.54, 1.807) is 6.92 Å². The molecule has 0 aromatic heterocycles. The number of nitrogens with one attached hydrogen (secondary N) is 2. The lowest BCUT2D eigenvalue weighted by atomic mass is 10.3.